The molecule has 0 saturated heterocycles. The van der Waals surface area contributed by atoms with Gasteiger partial charge in [-0.1, -0.05) is 25.7 Å². The second-order valence-electron chi connectivity index (χ2n) is 6.31. The van der Waals surface area contributed by atoms with Gasteiger partial charge in [0, 0.05) is 18.2 Å². The zero-order valence-corrected chi connectivity index (χ0v) is 14.9. The van der Waals surface area contributed by atoms with Crippen LogP contribution in [0.4, 0.5) is 17.3 Å². The average molecular weight is 342 g/mol. The van der Waals surface area contributed by atoms with Gasteiger partial charge in [0.15, 0.2) is 0 Å². The van der Waals surface area contributed by atoms with Gasteiger partial charge in [0.2, 0.25) is 0 Å². The van der Waals surface area contributed by atoms with E-state index in [1.54, 1.807) is 20.5 Å². The van der Waals surface area contributed by atoms with Gasteiger partial charge in [-0.25, -0.2) is 9.97 Å². The summed E-state index contributed by atoms with van der Waals surface area (Å²) in [7, 11) is 3.29. The lowest BCUT2D eigenvalue weighted by atomic mass is 10.1. The van der Waals surface area contributed by atoms with Gasteiger partial charge in [-0.3, -0.25) is 0 Å². The van der Waals surface area contributed by atoms with Gasteiger partial charge >= 0.3 is 0 Å². The predicted molar refractivity (Wildman–Crippen MR) is 100.0 cm³/mol. The van der Waals surface area contributed by atoms with E-state index in [4.69, 9.17) is 9.47 Å². The van der Waals surface area contributed by atoms with Crippen LogP contribution >= 0.6 is 0 Å². The molecule has 0 amide bonds. The topological polar surface area (TPSA) is 68.3 Å². The summed E-state index contributed by atoms with van der Waals surface area (Å²) in [5.74, 6) is 3.07. The van der Waals surface area contributed by atoms with Crippen LogP contribution in [0, 0.1) is 0 Å². The number of benzene rings is 1. The molecule has 1 heterocycles. The van der Waals surface area contributed by atoms with Gasteiger partial charge in [0.1, 0.15) is 29.5 Å². The molecule has 0 radical (unpaired) electrons. The van der Waals surface area contributed by atoms with Crippen LogP contribution in [0.1, 0.15) is 38.5 Å². The molecule has 1 fully saturated rings. The van der Waals surface area contributed by atoms with E-state index in [2.05, 4.69) is 20.6 Å². The Labute approximate surface area is 149 Å². The van der Waals surface area contributed by atoms with Crippen LogP contribution in [0.15, 0.2) is 30.6 Å². The van der Waals surface area contributed by atoms with Crippen LogP contribution in [-0.2, 0) is 0 Å². The predicted octanol–water partition coefficient (Wildman–Crippen LogP) is 4.37. The lowest BCUT2D eigenvalue weighted by molar-refractivity contribution is 0.405. The molecular weight excluding hydrogens is 316 g/mol. The summed E-state index contributed by atoms with van der Waals surface area (Å²) >= 11 is 0. The summed E-state index contributed by atoms with van der Waals surface area (Å²) in [6, 6.07) is 8.05. The number of methoxy groups -OCH3 is 2. The number of hydrogen-bond acceptors (Lipinski definition) is 6. The molecule has 2 N–H and O–H groups in total. The molecule has 1 saturated carbocycles. The highest BCUT2D eigenvalue weighted by atomic mass is 16.5. The van der Waals surface area contributed by atoms with Crippen molar-refractivity contribution in [1.82, 2.24) is 9.97 Å². The number of nitrogens with one attached hydrogen (secondary N) is 2. The summed E-state index contributed by atoms with van der Waals surface area (Å²) in [4.78, 5) is 8.68. The molecule has 2 aromatic rings. The Hall–Kier alpha value is -2.50. The maximum Gasteiger partial charge on any atom is 0.142 e. The average Bonchev–Trinajstić information content (AvgIpc) is 2.90. The first-order valence-corrected chi connectivity index (χ1v) is 8.86. The third kappa shape index (κ3) is 4.75. The number of nitrogens with zero attached hydrogens (tertiary/aromatic N) is 2. The Morgan fingerprint density at radius 1 is 0.920 bits per heavy atom. The monoisotopic (exact) mass is 342 g/mol. The maximum atomic E-state index is 5.41. The van der Waals surface area contributed by atoms with Crippen molar-refractivity contribution in [2.75, 3.05) is 24.9 Å². The minimum atomic E-state index is 0.497. The summed E-state index contributed by atoms with van der Waals surface area (Å²) in [5, 5.41) is 6.84. The van der Waals surface area contributed by atoms with Crippen LogP contribution in [0.5, 0.6) is 11.5 Å². The van der Waals surface area contributed by atoms with Crippen molar-refractivity contribution in [2.45, 2.75) is 44.6 Å². The number of ether oxygens (including phenoxy) is 2. The van der Waals surface area contributed by atoms with E-state index in [-0.39, 0.29) is 0 Å². The molecule has 1 aromatic heterocycles. The number of aromatic nitrogens is 2. The van der Waals surface area contributed by atoms with Crippen molar-refractivity contribution in [3.05, 3.63) is 30.6 Å². The third-order valence-electron chi connectivity index (χ3n) is 4.54. The van der Waals surface area contributed by atoms with E-state index in [0.29, 0.717) is 6.04 Å². The summed E-state index contributed by atoms with van der Waals surface area (Å²) in [6.07, 6.45) is 9.24. The van der Waals surface area contributed by atoms with Crippen LogP contribution < -0.4 is 20.1 Å². The zero-order valence-electron chi connectivity index (χ0n) is 14.9. The Morgan fingerprint density at radius 3 is 2.40 bits per heavy atom. The fourth-order valence-corrected chi connectivity index (χ4v) is 3.19. The van der Waals surface area contributed by atoms with Crippen molar-refractivity contribution >= 4 is 17.3 Å². The Balaban J connectivity index is 1.73. The van der Waals surface area contributed by atoms with Gasteiger partial charge in [-0.2, -0.15) is 0 Å². The Kier molecular flexibility index (Phi) is 5.93. The minimum Gasteiger partial charge on any atom is -0.497 e. The molecule has 0 unspecified atom stereocenters. The van der Waals surface area contributed by atoms with Crippen LogP contribution in [0.2, 0.25) is 0 Å². The van der Waals surface area contributed by atoms with Crippen LogP contribution in [0.3, 0.4) is 0 Å². The second kappa shape index (κ2) is 8.55. The first kappa shape index (κ1) is 17.3. The maximum absolute atomic E-state index is 5.41. The molecule has 3 rings (SSSR count). The molecule has 0 aliphatic heterocycles. The lowest BCUT2D eigenvalue weighted by Crippen LogP contribution is -2.19. The summed E-state index contributed by atoms with van der Waals surface area (Å²) in [6.45, 7) is 0. The fraction of sp³-hybridized carbons (Fsp3) is 0.474. The van der Waals surface area contributed by atoms with Crippen LogP contribution in [-0.4, -0.2) is 30.2 Å². The number of hydrogen-bond donors (Lipinski definition) is 2. The van der Waals surface area contributed by atoms with Crippen molar-refractivity contribution in [2.24, 2.45) is 0 Å². The SMILES string of the molecule is COc1ccc(OC)c(Nc2cc(NC3CCCCCC3)ncn2)c1. The van der Waals surface area contributed by atoms with Crippen molar-refractivity contribution < 1.29 is 9.47 Å². The normalized spacial score (nSPS) is 15.3. The minimum absolute atomic E-state index is 0.497. The van der Waals surface area contributed by atoms with E-state index in [0.717, 1.165) is 28.8 Å². The largest absolute Gasteiger partial charge is 0.497 e. The Morgan fingerprint density at radius 2 is 1.68 bits per heavy atom. The molecule has 6 nitrogen and oxygen atoms in total. The molecule has 1 aliphatic rings. The van der Waals surface area contributed by atoms with Gasteiger partial charge in [0.05, 0.1) is 19.9 Å². The van der Waals surface area contributed by atoms with Gasteiger partial charge in [-0.05, 0) is 25.0 Å². The molecule has 6 heteroatoms. The van der Waals surface area contributed by atoms with Gasteiger partial charge in [-0.15, -0.1) is 0 Å². The number of anilines is 3. The second-order valence-corrected chi connectivity index (χ2v) is 6.31. The highest BCUT2D eigenvalue weighted by Crippen LogP contribution is 2.31. The highest BCUT2D eigenvalue weighted by molar-refractivity contribution is 5.67. The molecule has 1 aliphatic carbocycles. The van der Waals surface area contributed by atoms with Crippen molar-refractivity contribution in [3.8, 4) is 11.5 Å². The molecule has 1 aromatic carbocycles. The molecule has 134 valence electrons. The molecular formula is C19H26N4O2. The zero-order chi connectivity index (χ0) is 17.5. The lowest BCUT2D eigenvalue weighted by Gasteiger charge is -2.17. The highest BCUT2D eigenvalue weighted by Gasteiger charge is 2.13. The molecule has 25 heavy (non-hydrogen) atoms. The number of rotatable bonds is 6. The first-order chi connectivity index (χ1) is 12.3. The van der Waals surface area contributed by atoms with E-state index in [9.17, 15) is 0 Å². The summed E-state index contributed by atoms with van der Waals surface area (Å²) < 4.78 is 10.7. The Bertz CT molecular complexity index is 685. The third-order valence-corrected chi connectivity index (χ3v) is 4.54. The van der Waals surface area contributed by atoms with Gasteiger partial charge in [0.25, 0.3) is 0 Å². The standard InChI is InChI=1S/C19H26N4O2/c1-24-15-9-10-17(25-2)16(11-15)23-19-12-18(20-13-21-19)22-14-7-5-3-4-6-8-14/h9-14H,3-8H2,1-2H3,(H2,20,21,22,23). The van der Waals surface area contributed by atoms with E-state index < -0.39 is 0 Å². The van der Waals surface area contributed by atoms with E-state index in [1.807, 2.05) is 24.3 Å². The fourth-order valence-electron chi connectivity index (χ4n) is 3.19. The quantitative estimate of drug-likeness (QED) is 0.760. The smallest absolute Gasteiger partial charge is 0.142 e. The molecule has 0 bridgehead atoms. The molecule has 0 spiro atoms. The summed E-state index contributed by atoms with van der Waals surface area (Å²) in [5.41, 5.74) is 0.806. The first-order valence-electron chi connectivity index (χ1n) is 8.86. The molecule has 0 atom stereocenters. The van der Waals surface area contributed by atoms with Crippen molar-refractivity contribution in [1.29, 1.82) is 0 Å². The van der Waals surface area contributed by atoms with E-state index >= 15 is 0 Å². The van der Waals surface area contributed by atoms with Gasteiger partial charge < -0.3 is 20.1 Å². The van der Waals surface area contributed by atoms with E-state index in [1.165, 1.54) is 38.5 Å². The van der Waals surface area contributed by atoms with Crippen LogP contribution in [0.25, 0.3) is 0 Å². The van der Waals surface area contributed by atoms with Crippen molar-refractivity contribution in [3.63, 3.8) is 0 Å².